The number of aryl methyl sites for hydroxylation is 1. The molecule has 130 valence electrons. The second-order valence-electron chi connectivity index (χ2n) is 5.71. The number of halogens is 1. The SMILES string of the molecule is Cc1sc(N(CCc2ccccc2F)c2ccc(C#N)cc2)nc1C=O. The van der Waals surface area contributed by atoms with E-state index in [1.165, 1.54) is 17.4 Å². The molecule has 0 aliphatic heterocycles. The van der Waals surface area contributed by atoms with Gasteiger partial charge in [-0.05, 0) is 49.2 Å². The molecule has 0 bridgehead atoms. The van der Waals surface area contributed by atoms with E-state index in [1.807, 2.05) is 30.0 Å². The van der Waals surface area contributed by atoms with Crippen LogP contribution in [0.25, 0.3) is 0 Å². The van der Waals surface area contributed by atoms with Gasteiger partial charge in [0, 0.05) is 17.1 Å². The van der Waals surface area contributed by atoms with Gasteiger partial charge in [-0.3, -0.25) is 4.79 Å². The monoisotopic (exact) mass is 365 g/mol. The van der Waals surface area contributed by atoms with E-state index < -0.39 is 0 Å². The molecule has 26 heavy (non-hydrogen) atoms. The van der Waals surface area contributed by atoms with Gasteiger partial charge in [-0.25, -0.2) is 9.37 Å². The summed E-state index contributed by atoms with van der Waals surface area (Å²) in [6.07, 6.45) is 1.23. The van der Waals surface area contributed by atoms with Gasteiger partial charge in [0.25, 0.3) is 0 Å². The molecule has 0 saturated carbocycles. The van der Waals surface area contributed by atoms with E-state index in [0.717, 1.165) is 16.9 Å². The number of hydrogen-bond donors (Lipinski definition) is 0. The Balaban J connectivity index is 1.93. The lowest BCUT2D eigenvalue weighted by atomic mass is 10.1. The van der Waals surface area contributed by atoms with Crippen molar-refractivity contribution in [3.63, 3.8) is 0 Å². The van der Waals surface area contributed by atoms with Crippen LogP contribution in [-0.2, 0) is 6.42 Å². The second-order valence-corrected chi connectivity index (χ2v) is 6.89. The quantitative estimate of drug-likeness (QED) is 0.596. The van der Waals surface area contributed by atoms with Crippen LogP contribution in [0.4, 0.5) is 15.2 Å². The Labute approximate surface area is 155 Å². The van der Waals surface area contributed by atoms with Crippen molar-refractivity contribution in [1.29, 1.82) is 5.26 Å². The average Bonchev–Trinajstić information content (AvgIpc) is 3.04. The molecule has 3 aromatic rings. The first-order chi connectivity index (χ1) is 12.6. The van der Waals surface area contributed by atoms with Crippen LogP contribution in [-0.4, -0.2) is 17.8 Å². The third kappa shape index (κ3) is 3.79. The van der Waals surface area contributed by atoms with E-state index in [-0.39, 0.29) is 5.82 Å². The molecule has 0 saturated heterocycles. The Bertz CT molecular complexity index is 960. The first-order valence-corrected chi connectivity index (χ1v) is 8.87. The zero-order valence-electron chi connectivity index (χ0n) is 14.1. The number of aldehydes is 1. The number of thiazole rings is 1. The lowest BCUT2D eigenvalue weighted by Crippen LogP contribution is -2.20. The van der Waals surface area contributed by atoms with Gasteiger partial charge in [0.2, 0.25) is 0 Å². The van der Waals surface area contributed by atoms with E-state index in [2.05, 4.69) is 11.1 Å². The molecule has 6 heteroatoms. The topological polar surface area (TPSA) is 57.0 Å². The second kappa shape index (κ2) is 7.89. The highest BCUT2D eigenvalue weighted by molar-refractivity contribution is 7.15. The maximum absolute atomic E-state index is 14.0. The van der Waals surface area contributed by atoms with Crippen LogP contribution < -0.4 is 4.90 Å². The van der Waals surface area contributed by atoms with Crippen LogP contribution in [0.5, 0.6) is 0 Å². The highest BCUT2D eigenvalue weighted by Crippen LogP contribution is 2.31. The number of aromatic nitrogens is 1. The van der Waals surface area contributed by atoms with E-state index in [0.29, 0.717) is 34.9 Å². The van der Waals surface area contributed by atoms with Crippen molar-refractivity contribution in [1.82, 2.24) is 4.98 Å². The predicted octanol–water partition coefficient (Wildman–Crippen LogP) is 4.66. The fourth-order valence-electron chi connectivity index (χ4n) is 2.60. The number of benzene rings is 2. The fraction of sp³-hybridized carbons (Fsp3) is 0.150. The Morgan fingerprint density at radius 3 is 2.58 bits per heavy atom. The predicted molar refractivity (Wildman–Crippen MR) is 101 cm³/mol. The summed E-state index contributed by atoms with van der Waals surface area (Å²) < 4.78 is 14.0. The summed E-state index contributed by atoms with van der Waals surface area (Å²) in [4.78, 5) is 18.3. The minimum atomic E-state index is -0.240. The summed E-state index contributed by atoms with van der Waals surface area (Å²) >= 11 is 1.42. The van der Waals surface area contributed by atoms with E-state index >= 15 is 0 Å². The summed E-state index contributed by atoms with van der Waals surface area (Å²) in [7, 11) is 0. The van der Waals surface area contributed by atoms with Gasteiger partial charge in [0.1, 0.15) is 11.5 Å². The lowest BCUT2D eigenvalue weighted by Gasteiger charge is -2.22. The fourth-order valence-corrected chi connectivity index (χ4v) is 3.53. The van der Waals surface area contributed by atoms with Crippen LogP contribution in [0.3, 0.4) is 0 Å². The highest BCUT2D eigenvalue weighted by atomic mass is 32.1. The highest BCUT2D eigenvalue weighted by Gasteiger charge is 2.17. The normalized spacial score (nSPS) is 10.3. The minimum Gasteiger partial charge on any atom is -0.317 e. The molecule has 0 atom stereocenters. The van der Waals surface area contributed by atoms with Crippen molar-refractivity contribution in [2.45, 2.75) is 13.3 Å². The van der Waals surface area contributed by atoms with Gasteiger partial charge in [0.15, 0.2) is 11.4 Å². The molecule has 3 rings (SSSR count). The van der Waals surface area contributed by atoms with Crippen molar-refractivity contribution in [2.24, 2.45) is 0 Å². The molecule has 0 aliphatic carbocycles. The van der Waals surface area contributed by atoms with Gasteiger partial charge in [-0.2, -0.15) is 5.26 Å². The zero-order valence-corrected chi connectivity index (χ0v) is 15.0. The number of carbonyl (C=O) groups is 1. The number of carbonyl (C=O) groups excluding carboxylic acids is 1. The third-order valence-electron chi connectivity index (χ3n) is 4.03. The molecule has 1 aromatic heterocycles. The maximum atomic E-state index is 14.0. The molecule has 1 heterocycles. The Morgan fingerprint density at radius 1 is 1.23 bits per heavy atom. The molecule has 0 amide bonds. The summed E-state index contributed by atoms with van der Waals surface area (Å²) in [6, 6.07) is 15.9. The number of anilines is 2. The van der Waals surface area contributed by atoms with Crippen LogP contribution in [0.1, 0.15) is 26.5 Å². The lowest BCUT2D eigenvalue weighted by molar-refractivity contribution is 0.111. The van der Waals surface area contributed by atoms with Gasteiger partial charge < -0.3 is 4.90 Å². The Morgan fingerprint density at radius 2 is 1.96 bits per heavy atom. The average molecular weight is 365 g/mol. The Kier molecular flexibility index (Phi) is 5.40. The molecular weight excluding hydrogens is 349 g/mol. The first-order valence-electron chi connectivity index (χ1n) is 8.06. The molecular formula is C20H16FN3OS. The van der Waals surface area contributed by atoms with Crippen molar-refractivity contribution < 1.29 is 9.18 Å². The Hall–Kier alpha value is -3.04. The molecule has 0 radical (unpaired) electrons. The largest absolute Gasteiger partial charge is 0.317 e. The molecule has 0 aliphatic rings. The summed E-state index contributed by atoms with van der Waals surface area (Å²) in [5, 5.41) is 9.66. The smallest absolute Gasteiger partial charge is 0.190 e. The number of rotatable bonds is 6. The summed E-state index contributed by atoms with van der Waals surface area (Å²) in [5.41, 5.74) is 2.43. The van der Waals surface area contributed by atoms with Gasteiger partial charge in [0.05, 0.1) is 11.6 Å². The molecule has 0 fully saturated rings. The van der Waals surface area contributed by atoms with Crippen molar-refractivity contribution in [3.05, 3.63) is 76.0 Å². The molecule has 4 nitrogen and oxygen atoms in total. The zero-order chi connectivity index (χ0) is 18.5. The third-order valence-corrected chi connectivity index (χ3v) is 5.04. The number of nitriles is 1. The standard InChI is InChI=1S/C20H16FN3OS/c1-14-19(13-25)23-20(26-14)24(17-8-6-15(12-22)7-9-17)11-10-16-4-2-3-5-18(16)21/h2-9,13H,10-11H2,1H3. The first kappa shape index (κ1) is 17.8. The van der Waals surface area contributed by atoms with E-state index in [9.17, 15) is 9.18 Å². The van der Waals surface area contributed by atoms with E-state index in [4.69, 9.17) is 5.26 Å². The van der Waals surface area contributed by atoms with Crippen LogP contribution in [0, 0.1) is 24.1 Å². The summed E-state index contributed by atoms with van der Waals surface area (Å²) in [6.45, 7) is 2.34. The van der Waals surface area contributed by atoms with Crippen molar-refractivity contribution in [2.75, 3.05) is 11.4 Å². The van der Waals surface area contributed by atoms with Crippen LogP contribution >= 0.6 is 11.3 Å². The van der Waals surface area contributed by atoms with Crippen LogP contribution in [0.15, 0.2) is 48.5 Å². The number of hydrogen-bond acceptors (Lipinski definition) is 5. The van der Waals surface area contributed by atoms with Crippen molar-refractivity contribution in [3.8, 4) is 6.07 Å². The van der Waals surface area contributed by atoms with Gasteiger partial charge in [-0.1, -0.05) is 18.2 Å². The maximum Gasteiger partial charge on any atom is 0.190 e. The number of nitrogens with zero attached hydrogens (tertiary/aromatic N) is 3. The van der Waals surface area contributed by atoms with E-state index in [1.54, 1.807) is 24.3 Å². The van der Waals surface area contributed by atoms with Crippen LogP contribution in [0.2, 0.25) is 0 Å². The van der Waals surface area contributed by atoms with Gasteiger partial charge in [-0.15, -0.1) is 11.3 Å². The molecule has 0 N–H and O–H groups in total. The minimum absolute atomic E-state index is 0.240. The molecule has 0 spiro atoms. The van der Waals surface area contributed by atoms with Gasteiger partial charge >= 0.3 is 0 Å². The molecule has 2 aromatic carbocycles. The summed E-state index contributed by atoms with van der Waals surface area (Å²) in [5.74, 6) is -0.240. The molecule has 0 unspecified atom stereocenters. The van der Waals surface area contributed by atoms with Crippen molar-refractivity contribution >= 4 is 28.4 Å².